The van der Waals surface area contributed by atoms with Crippen molar-refractivity contribution in [2.45, 2.75) is 38.8 Å². The molecule has 0 spiro atoms. The molecule has 1 N–H and O–H groups in total. The van der Waals surface area contributed by atoms with Crippen molar-refractivity contribution >= 4 is 10.9 Å². The zero-order valence-electron chi connectivity index (χ0n) is 13.4. The van der Waals surface area contributed by atoms with Crippen molar-refractivity contribution in [3.8, 4) is 0 Å². The normalized spacial score (nSPS) is 22.9. The topological polar surface area (TPSA) is 58.2 Å². The molecule has 1 fully saturated rings. The van der Waals surface area contributed by atoms with Crippen molar-refractivity contribution < 1.29 is 17.9 Å². The van der Waals surface area contributed by atoms with Crippen LogP contribution >= 0.6 is 0 Å². The van der Waals surface area contributed by atoms with Crippen LogP contribution in [0.5, 0.6) is 0 Å². The molecule has 2 heterocycles. The van der Waals surface area contributed by atoms with Gasteiger partial charge in [-0.05, 0) is 32.0 Å². The smallest absolute Gasteiger partial charge is 0.373 e. The zero-order chi connectivity index (χ0) is 17.5. The maximum Gasteiger partial charge on any atom is 0.416 e. The monoisotopic (exact) mass is 341 g/mol. The number of hydrogen-bond acceptors (Lipinski definition) is 4. The summed E-state index contributed by atoms with van der Waals surface area (Å²) in [5.41, 5.74) is -1.19. The second-order valence-corrected chi connectivity index (χ2v) is 6.19. The molecule has 2 unspecified atom stereocenters. The molecule has 1 aliphatic heterocycles. The molecule has 130 valence electrons. The van der Waals surface area contributed by atoms with E-state index in [1.165, 1.54) is 0 Å². The molecule has 3 rings (SSSR count). The van der Waals surface area contributed by atoms with Gasteiger partial charge < -0.3 is 9.72 Å². The Labute approximate surface area is 136 Å². The molecule has 0 radical (unpaired) electrons. The molecular weight excluding hydrogens is 323 g/mol. The van der Waals surface area contributed by atoms with E-state index in [4.69, 9.17) is 4.74 Å². The highest BCUT2D eigenvalue weighted by atomic mass is 19.4. The summed E-state index contributed by atoms with van der Waals surface area (Å²) >= 11 is 0. The minimum absolute atomic E-state index is 0.0535. The van der Waals surface area contributed by atoms with Crippen molar-refractivity contribution in [3.63, 3.8) is 0 Å². The van der Waals surface area contributed by atoms with Crippen LogP contribution in [0.15, 0.2) is 23.0 Å². The Morgan fingerprint density at radius 1 is 1.29 bits per heavy atom. The number of nitrogens with one attached hydrogen (secondary N) is 1. The van der Waals surface area contributed by atoms with E-state index >= 15 is 0 Å². The number of benzene rings is 1. The van der Waals surface area contributed by atoms with Crippen molar-refractivity contribution in [1.82, 2.24) is 14.9 Å². The van der Waals surface area contributed by atoms with E-state index in [9.17, 15) is 18.0 Å². The maximum absolute atomic E-state index is 12.8. The molecule has 1 aromatic heterocycles. The molecule has 0 amide bonds. The molecule has 2 aromatic rings. The number of H-pyrrole nitrogens is 1. The lowest BCUT2D eigenvalue weighted by Crippen LogP contribution is -2.45. The van der Waals surface area contributed by atoms with Gasteiger partial charge in [-0.1, -0.05) is 0 Å². The second kappa shape index (κ2) is 6.18. The minimum Gasteiger partial charge on any atom is -0.373 e. The van der Waals surface area contributed by atoms with Crippen molar-refractivity contribution in [1.29, 1.82) is 0 Å². The summed E-state index contributed by atoms with van der Waals surface area (Å²) in [4.78, 5) is 21.0. The van der Waals surface area contributed by atoms with Gasteiger partial charge in [-0.3, -0.25) is 9.69 Å². The zero-order valence-corrected chi connectivity index (χ0v) is 13.4. The maximum atomic E-state index is 12.8. The predicted octanol–water partition coefficient (Wildman–Crippen LogP) is 2.55. The van der Waals surface area contributed by atoms with Crippen LogP contribution in [0, 0.1) is 0 Å². The molecule has 1 aromatic carbocycles. The van der Waals surface area contributed by atoms with Gasteiger partial charge in [0.05, 0.1) is 35.2 Å². The molecule has 0 saturated carbocycles. The van der Waals surface area contributed by atoms with E-state index in [1.54, 1.807) is 0 Å². The van der Waals surface area contributed by atoms with Gasteiger partial charge in [0.1, 0.15) is 5.82 Å². The first-order valence-corrected chi connectivity index (χ1v) is 7.70. The molecule has 1 saturated heterocycles. The quantitative estimate of drug-likeness (QED) is 0.912. The largest absolute Gasteiger partial charge is 0.416 e. The number of nitrogens with zero attached hydrogens (tertiary/aromatic N) is 2. The summed E-state index contributed by atoms with van der Waals surface area (Å²) in [6.07, 6.45) is -4.36. The van der Waals surface area contributed by atoms with Crippen LogP contribution in [0.2, 0.25) is 0 Å². The van der Waals surface area contributed by atoms with Gasteiger partial charge in [0.15, 0.2) is 0 Å². The number of morpholine rings is 1. The molecular formula is C16H18F3N3O2. The first-order chi connectivity index (χ1) is 11.2. The average molecular weight is 341 g/mol. The number of rotatable bonds is 2. The highest BCUT2D eigenvalue weighted by Crippen LogP contribution is 2.30. The first kappa shape index (κ1) is 16.9. The number of aromatic nitrogens is 2. The highest BCUT2D eigenvalue weighted by molar-refractivity contribution is 5.78. The van der Waals surface area contributed by atoms with Crippen LogP contribution in [0.1, 0.15) is 25.2 Å². The third kappa shape index (κ3) is 3.59. The van der Waals surface area contributed by atoms with Gasteiger partial charge >= 0.3 is 6.18 Å². The molecule has 5 nitrogen and oxygen atoms in total. The summed E-state index contributed by atoms with van der Waals surface area (Å²) in [7, 11) is 0. The van der Waals surface area contributed by atoms with E-state index in [1.807, 2.05) is 13.8 Å². The Morgan fingerprint density at radius 3 is 2.58 bits per heavy atom. The Bertz CT molecular complexity index is 793. The van der Waals surface area contributed by atoms with E-state index in [0.29, 0.717) is 25.5 Å². The van der Waals surface area contributed by atoms with E-state index < -0.39 is 17.3 Å². The van der Waals surface area contributed by atoms with E-state index in [2.05, 4.69) is 14.9 Å². The van der Waals surface area contributed by atoms with E-state index in [0.717, 1.165) is 18.2 Å². The fourth-order valence-electron chi connectivity index (χ4n) is 3.06. The average Bonchev–Trinajstić information content (AvgIpc) is 2.44. The van der Waals surface area contributed by atoms with E-state index in [-0.39, 0.29) is 23.1 Å². The van der Waals surface area contributed by atoms with Crippen LogP contribution in [-0.4, -0.2) is 40.2 Å². The van der Waals surface area contributed by atoms with Crippen molar-refractivity contribution in [3.05, 3.63) is 39.9 Å². The SMILES string of the molecule is CC1CN(Cc2nc3cc(C(F)(F)F)ccc3c(=O)[nH]2)CC(C)O1. The lowest BCUT2D eigenvalue weighted by Gasteiger charge is -2.34. The number of alkyl halides is 3. The highest BCUT2D eigenvalue weighted by Gasteiger charge is 2.31. The van der Waals surface area contributed by atoms with Gasteiger partial charge in [-0.15, -0.1) is 0 Å². The molecule has 2 atom stereocenters. The van der Waals surface area contributed by atoms with Crippen LogP contribution in [0.3, 0.4) is 0 Å². The third-order valence-corrected chi connectivity index (χ3v) is 3.95. The number of hydrogen-bond donors (Lipinski definition) is 1. The number of aromatic amines is 1. The predicted molar refractivity (Wildman–Crippen MR) is 82.7 cm³/mol. The van der Waals surface area contributed by atoms with Gasteiger partial charge in [0.2, 0.25) is 0 Å². The third-order valence-electron chi connectivity index (χ3n) is 3.95. The van der Waals surface area contributed by atoms with Gasteiger partial charge in [0, 0.05) is 13.1 Å². The second-order valence-electron chi connectivity index (χ2n) is 6.19. The lowest BCUT2D eigenvalue weighted by atomic mass is 10.1. The number of fused-ring (bicyclic) bond motifs is 1. The molecule has 0 aliphatic carbocycles. The first-order valence-electron chi connectivity index (χ1n) is 7.70. The van der Waals surface area contributed by atoms with Gasteiger partial charge in [-0.2, -0.15) is 13.2 Å². The number of halogens is 3. The standard InChI is InChI=1S/C16H18F3N3O2/c1-9-6-22(7-10(2)24-9)8-14-20-13-5-11(16(17,18)19)3-4-12(13)15(23)21-14/h3-5,9-10H,6-8H2,1-2H3,(H,20,21,23). The fraction of sp³-hybridized carbons (Fsp3) is 0.500. The Kier molecular flexibility index (Phi) is 4.35. The minimum atomic E-state index is -4.46. The summed E-state index contributed by atoms with van der Waals surface area (Å²) in [6, 6.07) is 2.97. The Hall–Kier alpha value is -1.93. The van der Waals surface area contributed by atoms with Crippen molar-refractivity contribution in [2.24, 2.45) is 0 Å². The summed E-state index contributed by atoms with van der Waals surface area (Å²) < 4.78 is 44.2. The molecule has 1 aliphatic rings. The lowest BCUT2D eigenvalue weighted by molar-refractivity contribution is -0.137. The van der Waals surface area contributed by atoms with Gasteiger partial charge in [-0.25, -0.2) is 4.98 Å². The molecule has 0 bridgehead atoms. The van der Waals surface area contributed by atoms with Crippen molar-refractivity contribution in [2.75, 3.05) is 13.1 Å². The van der Waals surface area contributed by atoms with Crippen LogP contribution in [-0.2, 0) is 17.5 Å². The Morgan fingerprint density at radius 2 is 1.96 bits per heavy atom. The number of ether oxygens (including phenoxy) is 1. The van der Waals surface area contributed by atoms with Gasteiger partial charge in [0.25, 0.3) is 5.56 Å². The van der Waals surface area contributed by atoms with Crippen LogP contribution < -0.4 is 5.56 Å². The summed E-state index contributed by atoms with van der Waals surface area (Å²) in [6.45, 7) is 5.62. The molecule has 8 heteroatoms. The molecule has 24 heavy (non-hydrogen) atoms. The van der Waals surface area contributed by atoms with Crippen LogP contribution in [0.4, 0.5) is 13.2 Å². The van der Waals surface area contributed by atoms with Crippen LogP contribution in [0.25, 0.3) is 10.9 Å². The summed E-state index contributed by atoms with van der Waals surface area (Å²) in [5.74, 6) is 0.355. The Balaban J connectivity index is 1.93. The fourth-order valence-corrected chi connectivity index (χ4v) is 3.06. The summed E-state index contributed by atoms with van der Waals surface area (Å²) in [5, 5.41) is 0.149.